The molecule has 19 heavy (non-hydrogen) atoms. The third kappa shape index (κ3) is 4.56. The molecular formula is C13H22N4OS. The van der Waals surface area contributed by atoms with Gasteiger partial charge in [-0.25, -0.2) is 4.98 Å². The molecule has 0 aliphatic carbocycles. The van der Waals surface area contributed by atoms with Crippen molar-refractivity contribution in [2.24, 2.45) is 5.73 Å². The zero-order valence-corrected chi connectivity index (χ0v) is 12.2. The van der Waals surface area contributed by atoms with Crippen LogP contribution in [-0.4, -0.2) is 48.5 Å². The average molecular weight is 282 g/mol. The fourth-order valence-electron chi connectivity index (χ4n) is 2.26. The Kier molecular flexibility index (Phi) is 5.30. The monoisotopic (exact) mass is 282 g/mol. The Hall–Kier alpha value is -0.980. The van der Waals surface area contributed by atoms with E-state index in [9.17, 15) is 4.79 Å². The Labute approximate surface area is 118 Å². The minimum Gasteiger partial charge on any atom is -0.353 e. The summed E-state index contributed by atoms with van der Waals surface area (Å²) < 4.78 is 0. The summed E-state index contributed by atoms with van der Waals surface area (Å²) in [4.78, 5) is 18.7. The number of carbonyl (C=O) groups excluding carboxylic acids is 1. The van der Waals surface area contributed by atoms with Crippen LogP contribution in [0.5, 0.6) is 0 Å². The minimum atomic E-state index is 0.0825. The molecule has 0 radical (unpaired) electrons. The van der Waals surface area contributed by atoms with E-state index in [0.29, 0.717) is 19.0 Å². The summed E-state index contributed by atoms with van der Waals surface area (Å²) in [6.45, 7) is 2.72. The fourth-order valence-corrected chi connectivity index (χ4v) is 3.08. The highest BCUT2D eigenvalue weighted by Gasteiger charge is 2.18. The molecule has 106 valence electrons. The van der Waals surface area contributed by atoms with Gasteiger partial charge in [-0.3, -0.25) is 4.79 Å². The standard InChI is InChI=1S/C13H22N4OS/c1-17-6-3-10(4-7-17)15-12(18)8-11-9-19-13(16-11)2-5-14/h9-10H,2-8,14H2,1H3,(H,15,18). The first-order valence-corrected chi connectivity index (χ1v) is 7.66. The molecule has 1 aliphatic heterocycles. The van der Waals surface area contributed by atoms with E-state index in [1.165, 1.54) is 0 Å². The lowest BCUT2D eigenvalue weighted by molar-refractivity contribution is -0.121. The second-order valence-corrected chi connectivity index (χ2v) is 6.04. The van der Waals surface area contributed by atoms with Gasteiger partial charge in [-0.05, 0) is 39.5 Å². The van der Waals surface area contributed by atoms with Crippen LogP contribution >= 0.6 is 11.3 Å². The summed E-state index contributed by atoms with van der Waals surface area (Å²) >= 11 is 1.58. The van der Waals surface area contributed by atoms with Crippen molar-refractivity contribution in [3.05, 3.63) is 16.1 Å². The normalized spacial score (nSPS) is 17.6. The van der Waals surface area contributed by atoms with E-state index in [4.69, 9.17) is 5.73 Å². The Morgan fingerprint density at radius 2 is 2.32 bits per heavy atom. The summed E-state index contributed by atoms with van der Waals surface area (Å²) in [5, 5.41) is 6.08. The number of amides is 1. The smallest absolute Gasteiger partial charge is 0.226 e. The van der Waals surface area contributed by atoms with E-state index >= 15 is 0 Å². The number of nitrogens with two attached hydrogens (primary N) is 1. The van der Waals surface area contributed by atoms with Crippen LogP contribution in [0.2, 0.25) is 0 Å². The molecule has 1 saturated heterocycles. The average Bonchev–Trinajstić information content (AvgIpc) is 2.80. The summed E-state index contributed by atoms with van der Waals surface area (Å²) in [5.74, 6) is 0.0825. The summed E-state index contributed by atoms with van der Waals surface area (Å²) in [5.41, 5.74) is 6.35. The molecule has 1 aromatic heterocycles. The van der Waals surface area contributed by atoms with Crippen LogP contribution in [-0.2, 0) is 17.6 Å². The predicted molar refractivity (Wildman–Crippen MR) is 77.2 cm³/mol. The summed E-state index contributed by atoms with van der Waals surface area (Å²) in [7, 11) is 2.12. The number of nitrogens with one attached hydrogen (secondary N) is 1. The molecule has 3 N–H and O–H groups in total. The highest BCUT2D eigenvalue weighted by atomic mass is 32.1. The van der Waals surface area contributed by atoms with Gasteiger partial charge in [0.1, 0.15) is 0 Å². The Bertz CT molecular complexity index is 413. The van der Waals surface area contributed by atoms with Crippen molar-refractivity contribution >= 4 is 17.2 Å². The largest absolute Gasteiger partial charge is 0.353 e. The van der Waals surface area contributed by atoms with Crippen molar-refractivity contribution in [3.8, 4) is 0 Å². The Morgan fingerprint density at radius 3 is 3.00 bits per heavy atom. The molecule has 1 aromatic rings. The lowest BCUT2D eigenvalue weighted by Crippen LogP contribution is -2.43. The van der Waals surface area contributed by atoms with Crippen molar-refractivity contribution in [1.29, 1.82) is 0 Å². The lowest BCUT2D eigenvalue weighted by Gasteiger charge is -2.29. The fraction of sp³-hybridized carbons (Fsp3) is 0.692. The lowest BCUT2D eigenvalue weighted by atomic mass is 10.1. The number of hydrogen-bond acceptors (Lipinski definition) is 5. The van der Waals surface area contributed by atoms with Gasteiger partial charge in [-0.1, -0.05) is 0 Å². The maximum absolute atomic E-state index is 11.9. The van der Waals surface area contributed by atoms with Crippen LogP contribution in [0.4, 0.5) is 0 Å². The Balaban J connectivity index is 1.77. The van der Waals surface area contributed by atoms with Gasteiger partial charge in [-0.15, -0.1) is 11.3 Å². The molecule has 2 rings (SSSR count). The minimum absolute atomic E-state index is 0.0825. The van der Waals surface area contributed by atoms with E-state index < -0.39 is 0 Å². The molecule has 1 aliphatic rings. The second kappa shape index (κ2) is 6.98. The molecule has 1 fully saturated rings. The van der Waals surface area contributed by atoms with Crippen molar-refractivity contribution in [3.63, 3.8) is 0 Å². The molecule has 0 spiro atoms. The Morgan fingerprint density at radius 1 is 1.58 bits per heavy atom. The van der Waals surface area contributed by atoms with Gasteiger partial charge in [-0.2, -0.15) is 0 Å². The quantitative estimate of drug-likeness (QED) is 0.820. The molecule has 6 heteroatoms. The molecule has 0 bridgehead atoms. The molecule has 0 atom stereocenters. The highest BCUT2D eigenvalue weighted by Crippen LogP contribution is 2.12. The van der Waals surface area contributed by atoms with Crippen LogP contribution in [0.25, 0.3) is 0 Å². The van der Waals surface area contributed by atoms with Crippen molar-refractivity contribution in [2.75, 3.05) is 26.7 Å². The van der Waals surface area contributed by atoms with E-state index in [1.807, 2.05) is 5.38 Å². The topological polar surface area (TPSA) is 71.2 Å². The van der Waals surface area contributed by atoms with Crippen molar-refractivity contribution in [2.45, 2.75) is 31.7 Å². The summed E-state index contributed by atoms with van der Waals surface area (Å²) in [6.07, 6.45) is 3.25. The number of piperidine rings is 1. The number of likely N-dealkylation sites (tertiary alicyclic amines) is 1. The first-order valence-electron chi connectivity index (χ1n) is 6.78. The first-order chi connectivity index (χ1) is 9.17. The number of thiazole rings is 1. The van der Waals surface area contributed by atoms with Gasteiger partial charge < -0.3 is 16.0 Å². The number of aromatic nitrogens is 1. The number of rotatable bonds is 5. The second-order valence-electron chi connectivity index (χ2n) is 5.09. The molecule has 2 heterocycles. The van der Waals surface area contributed by atoms with Crippen LogP contribution < -0.4 is 11.1 Å². The first kappa shape index (κ1) is 14.4. The SMILES string of the molecule is CN1CCC(NC(=O)Cc2csc(CCN)n2)CC1. The van der Waals surface area contributed by atoms with E-state index in [0.717, 1.165) is 43.1 Å². The summed E-state index contributed by atoms with van der Waals surface area (Å²) in [6, 6.07) is 0.325. The van der Waals surface area contributed by atoms with Crippen LogP contribution in [0.15, 0.2) is 5.38 Å². The molecule has 0 unspecified atom stereocenters. The third-order valence-corrected chi connectivity index (χ3v) is 4.34. The van der Waals surface area contributed by atoms with Crippen LogP contribution in [0, 0.1) is 0 Å². The number of hydrogen-bond donors (Lipinski definition) is 2. The number of carbonyl (C=O) groups is 1. The van der Waals surface area contributed by atoms with Gasteiger partial charge >= 0.3 is 0 Å². The van der Waals surface area contributed by atoms with Gasteiger partial charge in [0.05, 0.1) is 17.1 Å². The zero-order chi connectivity index (χ0) is 13.7. The molecule has 5 nitrogen and oxygen atoms in total. The zero-order valence-electron chi connectivity index (χ0n) is 11.4. The van der Waals surface area contributed by atoms with Gasteiger partial charge in [0.25, 0.3) is 0 Å². The molecular weight excluding hydrogens is 260 g/mol. The van der Waals surface area contributed by atoms with Crippen LogP contribution in [0.3, 0.4) is 0 Å². The van der Waals surface area contributed by atoms with Gasteiger partial charge in [0.15, 0.2) is 0 Å². The molecule has 0 saturated carbocycles. The van der Waals surface area contributed by atoms with Gasteiger partial charge in [0, 0.05) is 17.8 Å². The maximum atomic E-state index is 11.9. The third-order valence-electron chi connectivity index (χ3n) is 3.38. The van der Waals surface area contributed by atoms with Crippen molar-refractivity contribution < 1.29 is 4.79 Å². The van der Waals surface area contributed by atoms with E-state index in [2.05, 4.69) is 22.2 Å². The highest BCUT2D eigenvalue weighted by molar-refractivity contribution is 7.09. The van der Waals surface area contributed by atoms with Crippen molar-refractivity contribution in [1.82, 2.24) is 15.2 Å². The van der Waals surface area contributed by atoms with Crippen LogP contribution in [0.1, 0.15) is 23.5 Å². The molecule has 0 aromatic carbocycles. The van der Waals surface area contributed by atoms with E-state index in [-0.39, 0.29) is 5.91 Å². The van der Waals surface area contributed by atoms with Gasteiger partial charge in [0.2, 0.25) is 5.91 Å². The predicted octanol–water partition coefficient (Wildman–Crippen LogP) is 0.397. The van der Waals surface area contributed by atoms with E-state index in [1.54, 1.807) is 11.3 Å². The number of nitrogens with zero attached hydrogens (tertiary/aromatic N) is 2. The molecule has 1 amide bonds. The maximum Gasteiger partial charge on any atom is 0.226 e.